The number of ketones is 1. The third-order valence-corrected chi connectivity index (χ3v) is 4.25. The van der Waals surface area contributed by atoms with Gasteiger partial charge >= 0.3 is 5.97 Å². The van der Waals surface area contributed by atoms with E-state index in [9.17, 15) is 14.4 Å². The first kappa shape index (κ1) is 19.3. The lowest BCUT2D eigenvalue weighted by molar-refractivity contribution is -0.131. The van der Waals surface area contributed by atoms with Gasteiger partial charge < -0.3 is 15.2 Å². The quantitative estimate of drug-likeness (QED) is 0.420. The van der Waals surface area contributed by atoms with E-state index in [0.29, 0.717) is 17.0 Å². The molecule has 0 spiro atoms. The van der Waals surface area contributed by atoms with Crippen molar-refractivity contribution in [3.63, 3.8) is 0 Å². The first-order chi connectivity index (χ1) is 12.5. The molecule has 134 valence electrons. The van der Waals surface area contributed by atoms with Crippen LogP contribution < -0.4 is 10.1 Å². The summed E-state index contributed by atoms with van der Waals surface area (Å²) in [7, 11) is 1.52. The van der Waals surface area contributed by atoms with E-state index in [2.05, 4.69) is 5.32 Å². The average molecular weight is 371 g/mol. The van der Waals surface area contributed by atoms with Crippen LogP contribution in [0.25, 0.3) is 0 Å². The number of para-hydroxylation sites is 1. The molecule has 2 N–H and O–H groups in total. The van der Waals surface area contributed by atoms with Gasteiger partial charge in [-0.05, 0) is 30.3 Å². The van der Waals surface area contributed by atoms with E-state index in [1.54, 1.807) is 42.5 Å². The Kier molecular flexibility index (Phi) is 6.99. The standard InChI is InChI=1S/C19H17NO5S/c1-25-17-8-3-2-7-15(17)16(21)12-26-14-6-4-5-13(11-14)20-18(22)9-10-19(23)24/h2-11H,12H2,1H3,(H,20,22)(H,23,24)/b10-9+. The summed E-state index contributed by atoms with van der Waals surface area (Å²) >= 11 is 1.33. The van der Waals surface area contributed by atoms with Gasteiger partial charge in [-0.1, -0.05) is 18.2 Å². The molecule has 0 aliphatic heterocycles. The lowest BCUT2D eigenvalue weighted by atomic mass is 10.1. The van der Waals surface area contributed by atoms with Crippen LogP contribution in [0.3, 0.4) is 0 Å². The summed E-state index contributed by atoms with van der Waals surface area (Å²) in [6, 6.07) is 14.0. The molecule has 26 heavy (non-hydrogen) atoms. The number of hydrogen-bond donors (Lipinski definition) is 2. The van der Waals surface area contributed by atoms with Gasteiger partial charge in [0.1, 0.15) is 5.75 Å². The van der Waals surface area contributed by atoms with Crippen LogP contribution >= 0.6 is 11.8 Å². The van der Waals surface area contributed by atoms with Crippen LogP contribution in [0.4, 0.5) is 5.69 Å². The fourth-order valence-corrected chi connectivity index (χ4v) is 2.93. The maximum Gasteiger partial charge on any atom is 0.328 e. The number of amides is 1. The molecule has 6 nitrogen and oxygen atoms in total. The summed E-state index contributed by atoms with van der Waals surface area (Å²) in [4.78, 5) is 35.2. The topological polar surface area (TPSA) is 92.7 Å². The van der Waals surface area contributed by atoms with E-state index in [4.69, 9.17) is 9.84 Å². The third kappa shape index (κ3) is 5.78. The molecule has 0 bridgehead atoms. The minimum Gasteiger partial charge on any atom is -0.496 e. The highest BCUT2D eigenvalue weighted by atomic mass is 32.2. The Morgan fingerprint density at radius 3 is 2.62 bits per heavy atom. The minimum absolute atomic E-state index is 0.0636. The number of nitrogens with one attached hydrogen (secondary N) is 1. The zero-order chi connectivity index (χ0) is 18.9. The number of hydrogen-bond acceptors (Lipinski definition) is 5. The van der Waals surface area contributed by atoms with Crippen LogP contribution in [0.1, 0.15) is 10.4 Å². The Morgan fingerprint density at radius 1 is 1.12 bits per heavy atom. The number of methoxy groups -OCH3 is 1. The molecule has 0 aliphatic rings. The zero-order valence-electron chi connectivity index (χ0n) is 14.0. The average Bonchev–Trinajstić information content (AvgIpc) is 2.64. The van der Waals surface area contributed by atoms with Crippen molar-refractivity contribution in [2.75, 3.05) is 18.2 Å². The Labute approximate surface area is 154 Å². The lowest BCUT2D eigenvalue weighted by Gasteiger charge is -2.08. The van der Waals surface area contributed by atoms with E-state index in [1.165, 1.54) is 18.9 Å². The summed E-state index contributed by atoms with van der Waals surface area (Å²) in [5, 5.41) is 11.1. The molecule has 0 radical (unpaired) electrons. The molecule has 0 aromatic heterocycles. The number of carboxylic acids is 1. The number of carbonyl (C=O) groups is 3. The third-order valence-electron chi connectivity index (χ3n) is 3.26. The van der Waals surface area contributed by atoms with E-state index >= 15 is 0 Å². The number of ether oxygens (including phenoxy) is 1. The van der Waals surface area contributed by atoms with Crippen molar-refractivity contribution < 1.29 is 24.2 Å². The second-order valence-corrected chi connectivity index (χ2v) is 6.15. The molecule has 2 rings (SSSR count). The molecule has 1 amide bonds. The van der Waals surface area contributed by atoms with Gasteiger partial charge in [-0.15, -0.1) is 11.8 Å². The van der Waals surface area contributed by atoms with Crippen LogP contribution in [0.5, 0.6) is 5.75 Å². The van der Waals surface area contributed by atoms with E-state index < -0.39 is 11.9 Å². The number of benzene rings is 2. The van der Waals surface area contributed by atoms with E-state index in [1.807, 2.05) is 6.07 Å². The summed E-state index contributed by atoms with van der Waals surface area (Å²) in [6.45, 7) is 0. The Hall–Kier alpha value is -3.06. The largest absolute Gasteiger partial charge is 0.496 e. The highest BCUT2D eigenvalue weighted by Gasteiger charge is 2.12. The molecule has 0 heterocycles. The number of thioether (sulfide) groups is 1. The number of Topliss-reactive ketones (excluding diaryl/α,β-unsaturated/α-hetero) is 1. The van der Waals surface area contributed by atoms with Crippen molar-refractivity contribution in [2.45, 2.75) is 4.90 Å². The first-order valence-electron chi connectivity index (χ1n) is 7.60. The molecular weight excluding hydrogens is 354 g/mol. The van der Waals surface area contributed by atoms with Crippen LogP contribution in [-0.4, -0.2) is 35.6 Å². The summed E-state index contributed by atoms with van der Waals surface area (Å²) in [5.74, 6) is -1.05. The monoisotopic (exact) mass is 371 g/mol. The van der Waals surface area contributed by atoms with Gasteiger partial charge in [0.2, 0.25) is 5.91 Å². The van der Waals surface area contributed by atoms with Gasteiger partial charge in [-0.25, -0.2) is 4.79 Å². The molecule has 0 atom stereocenters. The van der Waals surface area contributed by atoms with Crippen molar-refractivity contribution >= 4 is 35.1 Å². The second kappa shape index (κ2) is 9.43. The predicted octanol–water partition coefficient (Wildman–Crippen LogP) is 3.25. The van der Waals surface area contributed by atoms with Crippen LogP contribution in [0, 0.1) is 0 Å². The summed E-state index contributed by atoms with van der Waals surface area (Å²) < 4.78 is 5.20. The SMILES string of the molecule is COc1ccccc1C(=O)CSc1cccc(NC(=O)/C=C/C(=O)O)c1. The van der Waals surface area contributed by atoms with Crippen LogP contribution in [0.15, 0.2) is 65.6 Å². The normalized spacial score (nSPS) is 10.5. The second-order valence-electron chi connectivity index (χ2n) is 5.10. The number of aliphatic carboxylic acids is 1. The van der Waals surface area contributed by atoms with Gasteiger partial charge in [0.15, 0.2) is 5.78 Å². The van der Waals surface area contributed by atoms with Gasteiger partial charge in [0.05, 0.1) is 18.4 Å². The molecule has 7 heteroatoms. The maximum absolute atomic E-state index is 12.4. The fourth-order valence-electron chi connectivity index (χ4n) is 2.10. The first-order valence-corrected chi connectivity index (χ1v) is 8.59. The predicted molar refractivity (Wildman–Crippen MR) is 99.9 cm³/mol. The van der Waals surface area contributed by atoms with E-state index in [-0.39, 0.29) is 11.5 Å². The number of rotatable bonds is 8. The van der Waals surface area contributed by atoms with Crippen LogP contribution in [0.2, 0.25) is 0 Å². The minimum atomic E-state index is -1.20. The Morgan fingerprint density at radius 2 is 1.88 bits per heavy atom. The summed E-state index contributed by atoms with van der Waals surface area (Å²) in [6.07, 6.45) is 1.70. The molecule has 0 fully saturated rings. The van der Waals surface area contributed by atoms with Gasteiger partial charge in [0.25, 0.3) is 0 Å². The Balaban J connectivity index is 1.99. The smallest absolute Gasteiger partial charge is 0.328 e. The summed E-state index contributed by atoms with van der Waals surface area (Å²) in [5.41, 5.74) is 1.03. The molecule has 2 aromatic carbocycles. The van der Waals surface area contributed by atoms with Crippen LogP contribution in [-0.2, 0) is 9.59 Å². The van der Waals surface area contributed by atoms with Crippen molar-refractivity contribution in [1.29, 1.82) is 0 Å². The number of carbonyl (C=O) groups excluding carboxylic acids is 2. The van der Waals surface area contributed by atoms with Crippen molar-refractivity contribution in [2.24, 2.45) is 0 Å². The van der Waals surface area contributed by atoms with Crippen molar-refractivity contribution in [1.82, 2.24) is 0 Å². The molecule has 0 unspecified atom stereocenters. The van der Waals surface area contributed by atoms with Gasteiger partial charge in [-0.2, -0.15) is 0 Å². The lowest BCUT2D eigenvalue weighted by Crippen LogP contribution is -2.08. The zero-order valence-corrected chi connectivity index (χ0v) is 14.8. The highest BCUT2D eigenvalue weighted by Crippen LogP contribution is 2.25. The van der Waals surface area contributed by atoms with Crippen molar-refractivity contribution in [3.05, 3.63) is 66.2 Å². The molecule has 0 saturated carbocycles. The molecule has 0 aliphatic carbocycles. The molecule has 0 saturated heterocycles. The highest BCUT2D eigenvalue weighted by molar-refractivity contribution is 8.00. The van der Waals surface area contributed by atoms with Gasteiger partial charge in [0, 0.05) is 22.7 Å². The molecular formula is C19H17NO5S. The number of carboxylic acid groups (broad SMARTS) is 1. The fraction of sp³-hybridized carbons (Fsp3) is 0.105. The van der Waals surface area contributed by atoms with Crippen molar-refractivity contribution in [3.8, 4) is 5.75 Å². The number of anilines is 1. The Bertz CT molecular complexity index is 847. The maximum atomic E-state index is 12.4. The van der Waals surface area contributed by atoms with Gasteiger partial charge in [-0.3, -0.25) is 9.59 Å². The molecule has 2 aromatic rings. The van der Waals surface area contributed by atoms with E-state index in [0.717, 1.165) is 17.0 Å².